The van der Waals surface area contributed by atoms with Crippen molar-refractivity contribution in [3.8, 4) is 168 Å². The average Bonchev–Trinajstić information content (AvgIpc) is 0.769. The van der Waals surface area contributed by atoms with Crippen LogP contribution in [-0.4, -0.2) is 59.8 Å². The van der Waals surface area contributed by atoms with Gasteiger partial charge in [0.15, 0.2) is 0 Å². The van der Waals surface area contributed by atoms with Crippen molar-refractivity contribution in [1.82, 2.24) is 59.8 Å². The molecule has 6 heterocycles. The fourth-order valence-corrected chi connectivity index (χ4v) is 16.1. The van der Waals surface area contributed by atoms with E-state index in [9.17, 15) is 0 Å². The standard InChI is InChI=1S/C108H66N12/c1-7-19-71(20-8-1)99-65-109-93-59-81(47-53-87(93)111-99)83-49-55-89-95(61-83)117-105(101(113-89)73-23-11-3-12-24-73)77-39-31-67(32-40-77)69-35-43-79(44-36-69)107-103(75-27-15-5-16-28-75)115-91-57-51-85(63-97(91)119-107)86-52-58-92-98(64-86)120-108(104(116-92)76-29-17-6-18-30-76)80-45-37-70(38-46-80)68-33-41-78(42-34-68)106-102(74-25-13-4-14-26-74)114-90-56-50-84(62-96(90)118-106)82-48-54-88-94(60-82)110-66-100(112-88)72-21-9-2-10-22-72/h1-66H. The summed E-state index contributed by atoms with van der Waals surface area (Å²) in [6.07, 6.45) is 3.69. The number of hydrogen-bond acceptors (Lipinski definition) is 12. The van der Waals surface area contributed by atoms with E-state index in [4.69, 9.17) is 59.8 Å². The molecular formula is C108H66N12. The third kappa shape index (κ3) is 13.5. The normalized spacial score (nSPS) is 11.5. The summed E-state index contributed by atoms with van der Waals surface area (Å²) < 4.78 is 0. The summed E-state index contributed by atoms with van der Waals surface area (Å²) in [4.78, 5) is 62.7. The van der Waals surface area contributed by atoms with E-state index in [0.29, 0.717) is 0 Å². The zero-order valence-corrected chi connectivity index (χ0v) is 64.5. The zero-order valence-electron chi connectivity index (χ0n) is 64.5. The van der Waals surface area contributed by atoms with Gasteiger partial charge in [-0.2, -0.15) is 0 Å². The van der Waals surface area contributed by atoms with Gasteiger partial charge in [-0.15, -0.1) is 0 Å². The molecule has 558 valence electrons. The predicted octanol–water partition coefficient (Wildman–Crippen LogP) is 26.4. The first kappa shape index (κ1) is 70.2. The maximum Gasteiger partial charge on any atom is 0.0973 e. The Hall–Kier alpha value is -16.4. The van der Waals surface area contributed by atoms with Crippen LogP contribution in [0.4, 0.5) is 0 Å². The van der Waals surface area contributed by atoms with Gasteiger partial charge in [0.05, 0.1) is 136 Å². The molecule has 22 aromatic rings. The molecule has 12 nitrogen and oxygen atoms in total. The van der Waals surface area contributed by atoms with Crippen molar-refractivity contribution in [1.29, 1.82) is 0 Å². The average molecular weight is 1530 g/mol. The van der Waals surface area contributed by atoms with Crippen LogP contribution < -0.4 is 0 Å². The number of nitrogens with zero attached hydrogens (tertiary/aromatic N) is 12. The molecule has 0 unspecified atom stereocenters. The Morgan fingerprint density at radius 3 is 0.483 bits per heavy atom. The summed E-state index contributed by atoms with van der Waals surface area (Å²) in [5, 5.41) is 0. The van der Waals surface area contributed by atoms with Gasteiger partial charge in [0.1, 0.15) is 0 Å². The molecule has 0 aliphatic heterocycles. The lowest BCUT2D eigenvalue weighted by atomic mass is 9.97. The highest BCUT2D eigenvalue weighted by Crippen LogP contribution is 2.42. The number of fused-ring (bicyclic) bond motifs is 6. The molecule has 0 aliphatic carbocycles. The highest BCUT2D eigenvalue weighted by Gasteiger charge is 2.22. The fourth-order valence-electron chi connectivity index (χ4n) is 16.1. The molecule has 6 aromatic heterocycles. The largest absolute Gasteiger partial charge is 0.252 e. The maximum atomic E-state index is 5.50. The van der Waals surface area contributed by atoms with Crippen molar-refractivity contribution in [2.75, 3.05) is 0 Å². The second-order valence-corrected chi connectivity index (χ2v) is 29.9. The summed E-state index contributed by atoms with van der Waals surface area (Å²) in [6, 6.07) is 134. The Bertz CT molecular complexity index is 7240. The number of aromatic nitrogens is 12. The van der Waals surface area contributed by atoms with Crippen LogP contribution in [0.2, 0.25) is 0 Å². The summed E-state index contributed by atoms with van der Waals surface area (Å²) in [6.45, 7) is 0. The molecule has 0 saturated heterocycles. The van der Waals surface area contributed by atoms with Crippen LogP contribution in [0.15, 0.2) is 401 Å². The summed E-state index contributed by atoms with van der Waals surface area (Å²) in [5.41, 5.74) is 37.8. The van der Waals surface area contributed by atoms with Gasteiger partial charge >= 0.3 is 0 Å². The Labute approximate surface area is 690 Å². The molecule has 0 fully saturated rings. The van der Waals surface area contributed by atoms with Crippen molar-refractivity contribution in [2.45, 2.75) is 0 Å². The Balaban J connectivity index is 0.545. The van der Waals surface area contributed by atoms with Gasteiger partial charge in [-0.25, -0.2) is 49.8 Å². The van der Waals surface area contributed by atoms with Crippen molar-refractivity contribution in [3.63, 3.8) is 0 Å². The van der Waals surface area contributed by atoms with Crippen LogP contribution in [-0.2, 0) is 0 Å². The third-order valence-corrected chi connectivity index (χ3v) is 22.4. The van der Waals surface area contributed by atoms with Crippen molar-refractivity contribution in [3.05, 3.63) is 401 Å². The van der Waals surface area contributed by atoms with Crippen LogP contribution in [0.1, 0.15) is 0 Å². The lowest BCUT2D eigenvalue weighted by Gasteiger charge is -2.14. The van der Waals surface area contributed by atoms with Crippen molar-refractivity contribution >= 4 is 66.2 Å². The molecule has 0 spiro atoms. The third-order valence-electron chi connectivity index (χ3n) is 22.4. The van der Waals surface area contributed by atoms with Gasteiger partial charge in [0.25, 0.3) is 0 Å². The second kappa shape index (κ2) is 30.1. The predicted molar refractivity (Wildman–Crippen MR) is 487 cm³/mol. The molecule has 0 radical (unpaired) electrons. The topological polar surface area (TPSA) is 155 Å². The number of rotatable bonds is 15. The van der Waals surface area contributed by atoms with Crippen LogP contribution >= 0.6 is 0 Å². The molecule has 0 atom stereocenters. The van der Waals surface area contributed by atoms with E-state index in [2.05, 4.69) is 267 Å². The first-order valence-corrected chi connectivity index (χ1v) is 39.9. The molecule has 0 bridgehead atoms. The molecule has 22 rings (SSSR count). The molecule has 16 aromatic carbocycles. The first-order chi connectivity index (χ1) is 59.4. The van der Waals surface area contributed by atoms with Gasteiger partial charge in [0.2, 0.25) is 0 Å². The summed E-state index contributed by atoms with van der Waals surface area (Å²) >= 11 is 0. The van der Waals surface area contributed by atoms with E-state index < -0.39 is 0 Å². The van der Waals surface area contributed by atoms with Gasteiger partial charge in [0, 0.05) is 55.6 Å². The quantitative estimate of drug-likeness (QED) is 0.0959. The van der Waals surface area contributed by atoms with E-state index >= 15 is 0 Å². The van der Waals surface area contributed by atoms with Crippen LogP contribution in [0.3, 0.4) is 0 Å². The molecule has 0 saturated carbocycles. The van der Waals surface area contributed by atoms with Gasteiger partial charge in [-0.05, 0) is 128 Å². The SMILES string of the molecule is c1ccc(-c2cnc3cc(-c4ccc5nc(-c6ccccc6)c(-c6ccc(-c7ccc(-c8nc9cc(-c%10ccc%11nc(-c%12ccccc%12)c(-c%12ccc(-c%13ccc(-c%14nc%15cc(-c%16ccc%17nc(-c%18ccccc%18)cnc%17c%16)ccc%15nc%14-c%14ccccc%14)cc%13)cc%12)nc%11c%10)ccc9nc8-c8ccccc8)cc7)cc6)nc5c4)ccc3n2)cc1. The second-order valence-electron chi connectivity index (χ2n) is 29.9. The molecule has 0 N–H and O–H groups in total. The van der Waals surface area contributed by atoms with E-state index in [1.54, 1.807) is 0 Å². The Morgan fingerprint density at radius 1 is 0.108 bits per heavy atom. The monoisotopic (exact) mass is 1530 g/mol. The fraction of sp³-hybridized carbons (Fsp3) is 0. The summed E-state index contributed by atoms with van der Waals surface area (Å²) in [7, 11) is 0. The smallest absolute Gasteiger partial charge is 0.0973 e. The van der Waals surface area contributed by atoms with E-state index in [-0.39, 0.29) is 0 Å². The molecule has 0 aliphatic rings. The van der Waals surface area contributed by atoms with Crippen molar-refractivity contribution < 1.29 is 0 Å². The van der Waals surface area contributed by atoms with Gasteiger partial charge in [-0.1, -0.05) is 315 Å². The first-order valence-electron chi connectivity index (χ1n) is 39.9. The lowest BCUT2D eigenvalue weighted by molar-refractivity contribution is 1.29. The Morgan fingerprint density at radius 2 is 0.267 bits per heavy atom. The zero-order chi connectivity index (χ0) is 79.4. The molecule has 0 amide bonds. The van der Waals surface area contributed by atoms with E-state index in [0.717, 1.165) is 234 Å². The van der Waals surface area contributed by atoms with Gasteiger partial charge in [-0.3, -0.25) is 9.97 Å². The maximum absolute atomic E-state index is 5.50. The number of benzene rings is 16. The van der Waals surface area contributed by atoms with Crippen LogP contribution in [0, 0.1) is 0 Å². The molecule has 120 heavy (non-hydrogen) atoms. The minimum absolute atomic E-state index is 0.772. The van der Waals surface area contributed by atoms with Crippen LogP contribution in [0.5, 0.6) is 0 Å². The lowest BCUT2D eigenvalue weighted by Crippen LogP contribution is -1.97. The minimum atomic E-state index is 0.772. The summed E-state index contributed by atoms with van der Waals surface area (Å²) in [5.74, 6) is 0. The minimum Gasteiger partial charge on any atom is -0.252 e. The molecular weight excluding hydrogens is 1470 g/mol. The van der Waals surface area contributed by atoms with Crippen LogP contribution in [0.25, 0.3) is 234 Å². The van der Waals surface area contributed by atoms with Crippen molar-refractivity contribution in [2.24, 2.45) is 0 Å². The highest BCUT2D eigenvalue weighted by atomic mass is 14.9. The van der Waals surface area contributed by atoms with Gasteiger partial charge < -0.3 is 0 Å². The Kier molecular flexibility index (Phi) is 17.6. The van der Waals surface area contributed by atoms with E-state index in [1.807, 2.05) is 134 Å². The molecule has 12 heteroatoms. The highest BCUT2D eigenvalue weighted by molar-refractivity contribution is 5.97. The number of hydrogen-bond donors (Lipinski definition) is 0. The van der Waals surface area contributed by atoms with E-state index in [1.165, 1.54) is 0 Å².